The van der Waals surface area contributed by atoms with E-state index in [2.05, 4.69) is 10.3 Å². The summed E-state index contributed by atoms with van der Waals surface area (Å²) in [5.41, 5.74) is 2.07. The number of benzene rings is 2. The van der Waals surface area contributed by atoms with Crippen molar-refractivity contribution < 1.29 is 24.0 Å². The van der Waals surface area contributed by atoms with Crippen molar-refractivity contribution in [2.24, 2.45) is 0 Å². The number of carbonyl (C=O) groups excluding carboxylic acids is 2. The van der Waals surface area contributed by atoms with Crippen LogP contribution in [0.2, 0.25) is 0 Å². The third-order valence-corrected chi connectivity index (χ3v) is 5.52. The molecule has 0 saturated carbocycles. The summed E-state index contributed by atoms with van der Waals surface area (Å²) in [7, 11) is 2.95. The number of ether oxygens (including phenoxy) is 2. The van der Waals surface area contributed by atoms with Crippen LogP contribution in [0.3, 0.4) is 0 Å². The van der Waals surface area contributed by atoms with Crippen LogP contribution in [0.5, 0.6) is 11.5 Å². The number of aromatic amines is 1. The van der Waals surface area contributed by atoms with Crippen LogP contribution >= 0.6 is 0 Å². The van der Waals surface area contributed by atoms with E-state index in [9.17, 15) is 19.7 Å². The standard InChI is InChI=1S/C22H22N4O6/c1-31-15-4-5-17-16(10-15)13(12-24-17)7-8-23-18-11-21(27)25(22(18)28)19-6-3-14(26(29)30)9-20(19)32-2/h3-6,9-10,12,18,23-24H,7-8,11H2,1-2H3. The average Bonchev–Trinajstić information content (AvgIpc) is 3.32. The lowest BCUT2D eigenvalue weighted by atomic mass is 10.1. The van der Waals surface area contributed by atoms with Gasteiger partial charge in [0.05, 0.1) is 43.4 Å². The minimum absolute atomic E-state index is 0.000677. The van der Waals surface area contributed by atoms with Crippen molar-refractivity contribution >= 4 is 34.1 Å². The van der Waals surface area contributed by atoms with Crippen molar-refractivity contribution in [3.05, 3.63) is 58.3 Å². The van der Waals surface area contributed by atoms with E-state index >= 15 is 0 Å². The maximum absolute atomic E-state index is 12.9. The lowest BCUT2D eigenvalue weighted by Gasteiger charge is -2.18. The monoisotopic (exact) mass is 438 g/mol. The van der Waals surface area contributed by atoms with Crippen molar-refractivity contribution in [3.63, 3.8) is 0 Å². The number of aromatic nitrogens is 1. The van der Waals surface area contributed by atoms with E-state index in [4.69, 9.17) is 9.47 Å². The van der Waals surface area contributed by atoms with Gasteiger partial charge in [-0.3, -0.25) is 19.7 Å². The van der Waals surface area contributed by atoms with Crippen molar-refractivity contribution in [2.75, 3.05) is 25.7 Å². The van der Waals surface area contributed by atoms with Crippen LogP contribution < -0.4 is 19.7 Å². The molecule has 166 valence electrons. The summed E-state index contributed by atoms with van der Waals surface area (Å²) in [6.45, 7) is 0.485. The van der Waals surface area contributed by atoms with Gasteiger partial charge in [0.1, 0.15) is 11.5 Å². The molecule has 3 aromatic rings. The molecule has 10 nitrogen and oxygen atoms in total. The molecule has 0 bridgehead atoms. The Morgan fingerprint density at radius 2 is 2.00 bits per heavy atom. The normalized spacial score (nSPS) is 16.1. The number of methoxy groups -OCH3 is 2. The molecule has 1 unspecified atom stereocenters. The highest BCUT2D eigenvalue weighted by Crippen LogP contribution is 2.35. The molecule has 1 fully saturated rings. The Labute approximate surface area is 183 Å². The largest absolute Gasteiger partial charge is 0.497 e. The first-order chi connectivity index (χ1) is 15.4. The summed E-state index contributed by atoms with van der Waals surface area (Å²) in [4.78, 5) is 40.2. The number of non-ortho nitro benzene ring substituents is 1. The molecule has 1 atom stereocenters. The van der Waals surface area contributed by atoms with Gasteiger partial charge in [0, 0.05) is 29.7 Å². The second kappa shape index (κ2) is 8.67. The molecule has 1 saturated heterocycles. The number of nitro groups is 1. The van der Waals surface area contributed by atoms with Crippen LogP contribution in [-0.4, -0.2) is 48.5 Å². The van der Waals surface area contributed by atoms with E-state index in [1.807, 2.05) is 24.4 Å². The van der Waals surface area contributed by atoms with Crippen molar-refractivity contribution in [2.45, 2.75) is 18.9 Å². The highest BCUT2D eigenvalue weighted by molar-refractivity contribution is 6.23. The summed E-state index contributed by atoms with van der Waals surface area (Å²) in [6.07, 6.45) is 2.56. The number of hydrogen-bond donors (Lipinski definition) is 2. The molecule has 1 aliphatic rings. The molecule has 0 radical (unpaired) electrons. The molecular formula is C22H22N4O6. The van der Waals surface area contributed by atoms with Gasteiger partial charge in [-0.1, -0.05) is 0 Å². The maximum Gasteiger partial charge on any atom is 0.273 e. The van der Waals surface area contributed by atoms with Crippen molar-refractivity contribution in [1.82, 2.24) is 10.3 Å². The summed E-state index contributed by atoms with van der Waals surface area (Å²) < 4.78 is 10.5. The molecule has 2 heterocycles. The predicted molar refractivity (Wildman–Crippen MR) is 117 cm³/mol. The second-order valence-corrected chi connectivity index (χ2v) is 7.37. The van der Waals surface area contributed by atoms with E-state index in [0.29, 0.717) is 13.0 Å². The molecular weight excluding hydrogens is 416 g/mol. The molecule has 4 rings (SSSR count). The molecule has 2 amide bonds. The van der Waals surface area contributed by atoms with E-state index in [1.165, 1.54) is 25.3 Å². The predicted octanol–water partition coefficient (Wildman–Crippen LogP) is 2.56. The number of amides is 2. The topological polar surface area (TPSA) is 127 Å². The number of H-pyrrole nitrogens is 1. The fourth-order valence-electron chi connectivity index (χ4n) is 3.88. The van der Waals surface area contributed by atoms with Crippen LogP contribution in [0.15, 0.2) is 42.6 Å². The number of imide groups is 1. The first-order valence-electron chi connectivity index (χ1n) is 9.99. The van der Waals surface area contributed by atoms with E-state index < -0.39 is 22.8 Å². The van der Waals surface area contributed by atoms with Crippen LogP contribution in [-0.2, 0) is 16.0 Å². The third kappa shape index (κ3) is 3.87. The lowest BCUT2D eigenvalue weighted by molar-refractivity contribution is -0.384. The quantitative estimate of drug-likeness (QED) is 0.314. The Morgan fingerprint density at radius 1 is 1.19 bits per heavy atom. The van der Waals surface area contributed by atoms with Gasteiger partial charge in [0.25, 0.3) is 11.6 Å². The maximum atomic E-state index is 12.9. The number of nitrogens with zero attached hydrogens (tertiary/aromatic N) is 2. The fourth-order valence-corrected chi connectivity index (χ4v) is 3.88. The van der Waals surface area contributed by atoms with Gasteiger partial charge in [-0.15, -0.1) is 0 Å². The summed E-state index contributed by atoms with van der Waals surface area (Å²) in [5, 5.41) is 15.2. The van der Waals surface area contributed by atoms with Crippen LogP contribution in [0.1, 0.15) is 12.0 Å². The first kappa shape index (κ1) is 21.3. The molecule has 10 heteroatoms. The van der Waals surface area contributed by atoms with Crippen LogP contribution in [0.4, 0.5) is 11.4 Å². The molecule has 2 N–H and O–H groups in total. The fraction of sp³-hybridized carbons (Fsp3) is 0.273. The minimum Gasteiger partial charge on any atom is -0.497 e. The molecule has 32 heavy (non-hydrogen) atoms. The Bertz CT molecular complexity index is 1200. The second-order valence-electron chi connectivity index (χ2n) is 7.37. The zero-order chi connectivity index (χ0) is 22.8. The van der Waals surface area contributed by atoms with Gasteiger partial charge < -0.3 is 19.8 Å². The number of rotatable bonds is 8. The molecule has 2 aromatic carbocycles. The van der Waals surface area contributed by atoms with Gasteiger partial charge in [0.2, 0.25) is 5.91 Å². The number of carbonyl (C=O) groups is 2. The first-order valence-corrected chi connectivity index (χ1v) is 9.99. The van der Waals surface area contributed by atoms with Gasteiger partial charge in [-0.2, -0.15) is 0 Å². The SMILES string of the molecule is COc1ccc2[nH]cc(CCNC3CC(=O)N(c4ccc([N+](=O)[O-])cc4OC)C3=O)c2c1. The highest BCUT2D eigenvalue weighted by atomic mass is 16.6. The summed E-state index contributed by atoms with van der Waals surface area (Å²) in [5.74, 6) is 0.0454. The average molecular weight is 438 g/mol. The zero-order valence-corrected chi connectivity index (χ0v) is 17.6. The molecule has 1 aromatic heterocycles. The van der Waals surface area contributed by atoms with Crippen LogP contribution in [0, 0.1) is 10.1 Å². The zero-order valence-electron chi connectivity index (χ0n) is 17.6. The summed E-state index contributed by atoms with van der Waals surface area (Å²) >= 11 is 0. The third-order valence-electron chi connectivity index (χ3n) is 5.52. The Balaban J connectivity index is 1.45. The van der Waals surface area contributed by atoms with Gasteiger partial charge in [0.15, 0.2) is 0 Å². The Morgan fingerprint density at radius 3 is 2.72 bits per heavy atom. The lowest BCUT2D eigenvalue weighted by Crippen LogP contribution is -2.39. The van der Waals surface area contributed by atoms with E-state index in [-0.39, 0.29) is 23.5 Å². The van der Waals surface area contributed by atoms with E-state index in [1.54, 1.807) is 7.11 Å². The minimum atomic E-state index is -0.679. The number of anilines is 1. The van der Waals surface area contributed by atoms with Gasteiger partial charge >= 0.3 is 0 Å². The summed E-state index contributed by atoms with van der Waals surface area (Å²) in [6, 6.07) is 8.89. The number of nitrogens with one attached hydrogen (secondary N) is 2. The van der Waals surface area contributed by atoms with Gasteiger partial charge in [-0.25, -0.2) is 4.90 Å². The molecule has 1 aliphatic heterocycles. The smallest absolute Gasteiger partial charge is 0.273 e. The number of fused-ring (bicyclic) bond motifs is 1. The van der Waals surface area contributed by atoms with Crippen molar-refractivity contribution in [3.8, 4) is 11.5 Å². The molecule has 0 spiro atoms. The van der Waals surface area contributed by atoms with Gasteiger partial charge in [-0.05, 0) is 36.2 Å². The van der Waals surface area contributed by atoms with Crippen molar-refractivity contribution in [1.29, 1.82) is 0 Å². The number of hydrogen-bond acceptors (Lipinski definition) is 7. The number of nitro benzene ring substituents is 1. The Kier molecular flexibility index (Phi) is 5.78. The van der Waals surface area contributed by atoms with E-state index in [0.717, 1.165) is 27.1 Å². The Hall–Kier alpha value is -3.92. The highest BCUT2D eigenvalue weighted by Gasteiger charge is 2.40. The molecule has 0 aliphatic carbocycles. The van der Waals surface area contributed by atoms with Crippen LogP contribution in [0.25, 0.3) is 10.9 Å².